The van der Waals surface area contributed by atoms with Gasteiger partial charge in [-0.05, 0) is 30.0 Å². The van der Waals surface area contributed by atoms with Crippen LogP contribution in [0.5, 0.6) is 5.75 Å². The van der Waals surface area contributed by atoms with Crippen molar-refractivity contribution in [3.63, 3.8) is 0 Å². The molecule has 28 heavy (non-hydrogen) atoms. The summed E-state index contributed by atoms with van der Waals surface area (Å²) in [6, 6.07) is 7.84. The standard InChI is InChI=1S/C19H25N5O2S2/c1-11(2)8-13(9-25)21-16-15-17(22-18(20)28-15)24-19(23-16)27-10-12-4-6-14(26-3)7-5-12/h4-7,11,13,25H,8-10H2,1-3H3,(H3,20,21,22,23,24)/t13-/m1/s1. The van der Waals surface area contributed by atoms with Crippen LogP contribution in [0.4, 0.5) is 10.9 Å². The van der Waals surface area contributed by atoms with Gasteiger partial charge in [-0.3, -0.25) is 0 Å². The van der Waals surface area contributed by atoms with E-state index in [0.29, 0.717) is 27.7 Å². The number of nitrogens with two attached hydrogens (primary N) is 1. The SMILES string of the molecule is COc1ccc(CSc2nc(N[C@@H](CO)CC(C)C)c3sc(N)nc3n2)cc1. The lowest BCUT2D eigenvalue weighted by atomic mass is 10.0. The van der Waals surface area contributed by atoms with Gasteiger partial charge in [0.05, 0.1) is 19.8 Å². The van der Waals surface area contributed by atoms with Crippen molar-refractivity contribution in [1.82, 2.24) is 15.0 Å². The minimum Gasteiger partial charge on any atom is -0.497 e. The van der Waals surface area contributed by atoms with Crippen molar-refractivity contribution in [2.24, 2.45) is 5.92 Å². The first kappa shape index (κ1) is 20.6. The van der Waals surface area contributed by atoms with Crippen LogP contribution in [0.1, 0.15) is 25.8 Å². The maximum Gasteiger partial charge on any atom is 0.191 e. The first-order chi connectivity index (χ1) is 13.5. The molecular weight excluding hydrogens is 394 g/mol. The van der Waals surface area contributed by atoms with Crippen LogP contribution in [0.15, 0.2) is 29.4 Å². The summed E-state index contributed by atoms with van der Waals surface area (Å²) in [6.45, 7) is 4.29. The molecule has 0 saturated carbocycles. The molecule has 1 aromatic carbocycles. The van der Waals surface area contributed by atoms with Crippen LogP contribution >= 0.6 is 23.1 Å². The highest BCUT2D eigenvalue weighted by atomic mass is 32.2. The van der Waals surface area contributed by atoms with E-state index in [2.05, 4.69) is 34.1 Å². The summed E-state index contributed by atoms with van der Waals surface area (Å²) in [5, 5.41) is 14.1. The molecule has 0 aliphatic rings. The summed E-state index contributed by atoms with van der Waals surface area (Å²) < 4.78 is 6.01. The van der Waals surface area contributed by atoms with Crippen LogP contribution < -0.4 is 15.8 Å². The number of thioether (sulfide) groups is 1. The van der Waals surface area contributed by atoms with E-state index in [1.54, 1.807) is 7.11 Å². The molecule has 1 atom stereocenters. The van der Waals surface area contributed by atoms with Crippen LogP contribution in [-0.4, -0.2) is 39.8 Å². The quantitative estimate of drug-likeness (QED) is 0.355. The van der Waals surface area contributed by atoms with E-state index in [0.717, 1.165) is 28.2 Å². The number of hydrogen-bond donors (Lipinski definition) is 3. The molecule has 0 aliphatic carbocycles. The van der Waals surface area contributed by atoms with Gasteiger partial charge in [-0.15, -0.1) is 0 Å². The summed E-state index contributed by atoms with van der Waals surface area (Å²) in [6.07, 6.45) is 0.838. The van der Waals surface area contributed by atoms with E-state index in [9.17, 15) is 5.11 Å². The summed E-state index contributed by atoms with van der Waals surface area (Å²) >= 11 is 2.88. The number of rotatable bonds is 9. The lowest BCUT2D eigenvalue weighted by molar-refractivity contribution is 0.259. The Labute approximate surface area is 172 Å². The van der Waals surface area contributed by atoms with Gasteiger partial charge in [0, 0.05) is 5.75 Å². The predicted octanol–water partition coefficient (Wildman–Crippen LogP) is 3.79. The van der Waals surface area contributed by atoms with Gasteiger partial charge >= 0.3 is 0 Å². The monoisotopic (exact) mass is 419 g/mol. The Kier molecular flexibility index (Phi) is 6.93. The maximum atomic E-state index is 9.72. The third-order valence-electron chi connectivity index (χ3n) is 4.09. The van der Waals surface area contributed by atoms with E-state index < -0.39 is 0 Å². The zero-order valence-electron chi connectivity index (χ0n) is 16.2. The molecule has 2 heterocycles. The molecule has 4 N–H and O–H groups in total. The number of nitrogens with zero attached hydrogens (tertiary/aromatic N) is 3. The molecule has 0 radical (unpaired) electrons. The first-order valence-corrected chi connectivity index (χ1v) is 10.9. The fraction of sp³-hybridized carbons (Fsp3) is 0.421. The molecule has 150 valence electrons. The van der Waals surface area contributed by atoms with Crippen LogP contribution in [0.2, 0.25) is 0 Å². The molecule has 0 spiro atoms. The highest BCUT2D eigenvalue weighted by Gasteiger charge is 2.17. The number of anilines is 2. The van der Waals surface area contributed by atoms with Gasteiger partial charge in [0.25, 0.3) is 0 Å². The minimum atomic E-state index is -0.0825. The topological polar surface area (TPSA) is 106 Å². The molecule has 9 heteroatoms. The van der Waals surface area contributed by atoms with E-state index in [-0.39, 0.29) is 12.6 Å². The Bertz CT molecular complexity index is 915. The van der Waals surface area contributed by atoms with Crippen molar-refractivity contribution in [2.75, 3.05) is 24.8 Å². The van der Waals surface area contributed by atoms with Gasteiger partial charge < -0.3 is 20.9 Å². The number of benzene rings is 1. The number of aliphatic hydroxyl groups is 1. The van der Waals surface area contributed by atoms with Crippen molar-refractivity contribution in [3.8, 4) is 5.75 Å². The number of hydrogen-bond acceptors (Lipinski definition) is 9. The molecule has 3 aromatic rings. The third-order valence-corrected chi connectivity index (χ3v) is 5.89. The molecule has 0 fully saturated rings. The molecule has 0 unspecified atom stereocenters. The largest absolute Gasteiger partial charge is 0.497 e. The highest BCUT2D eigenvalue weighted by molar-refractivity contribution is 7.98. The fourth-order valence-electron chi connectivity index (χ4n) is 2.79. The Hall–Kier alpha value is -2.10. The van der Waals surface area contributed by atoms with Gasteiger partial charge in [-0.1, -0.05) is 49.1 Å². The second-order valence-electron chi connectivity index (χ2n) is 6.85. The number of nitrogens with one attached hydrogen (secondary N) is 1. The van der Waals surface area contributed by atoms with Crippen molar-refractivity contribution >= 4 is 44.4 Å². The van der Waals surface area contributed by atoms with Gasteiger partial charge in [-0.2, -0.15) is 0 Å². The summed E-state index contributed by atoms with van der Waals surface area (Å²) in [5.41, 5.74) is 7.62. The number of methoxy groups -OCH3 is 1. The lowest BCUT2D eigenvalue weighted by Gasteiger charge is -2.19. The molecule has 0 aliphatic heterocycles. The molecule has 0 saturated heterocycles. The highest BCUT2D eigenvalue weighted by Crippen LogP contribution is 2.32. The number of aliphatic hydroxyl groups excluding tert-OH is 1. The van der Waals surface area contributed by atoms with Crippen molar-refractivity contribution in [3.05, 3.63) is 29.8 Å². The van der Waals surface area contributed by atoms with Crippen molar-refractivity contribution in [1.29, 1.82) is 0 Å². The van der Waals surface area contributed by atoms with E-state index >= 15 is 0 Å². The smallest absolute Gasteiger partial charge is 0.191 e. The first-order valence-electron chi connectivity index (χ1n) is 9.05. The van der Waals surface area contributed by atoms with E-state index in [1.807, 2.05) is 24.3 Å². The molecule has 3 rings (SSSR count). The average Bonchev–Trinajstić information content (AvgIpc) is 3.06. The van der Waals surface area contributed by atoms with E-state index in [4.69, 9.17) is 10.5 Å². The third kappa shape index (κ3) is 5.24. The molecule has 0 amide bonds. The minimum absolute atomic E-state index is 0.0340. The molecule has 7 nitrogen and oxygen atoms in total. The number of thiazole rings is 1. The Balaban J connectivity index is 1.82. The number of ether oxygens (including phenoxy) is 1. The summed E-state index contributed by atoms with van der Waals surface area (Å²) in [7, 11) is 1.65. The van der Waals surface area contributed by atoms with Crippen LogP contribution in [-0.2, 0) is 5.75 Å². The second kappa shape index (κ2) is 9.40. The van der Waals surface area contributed by atoms with Crippen LogP contribution in [0.25, 0.3) is 10.3 Å². The number of nitrogen functional groups attached to an aromatic ring is 1. The maximum absolute atomic E-state index is 9.72. The van der Waals surface area contributed by atoms with Crippen molar-refractivity contribution < 1.29 is 9.84 Å². The zero-order chi connectivity index (χ0) is 20.1. The molecule has 2 aromatic heterocycles. The Morgan fingerprint density at radius 2 is 1.96 bits per heavy atom. The number of aromatic nitrogens is 3. The van der Waals surface area contributed by atoms with Gasteiger partial charge in [-0.25, -0.2) is 15.0 Å². The second-order valence-corrected chi connectivity index (χ2v) is 8.82. The fourth-order valence-corrected chi connectivity index (χ4v) is 4.31. The van der Waals surface area contributed by atoms with Crippen LogP contribution in [0, 0.1) is 5.92 Å². The number of fused-ring (bicyclic) bond motifs is 1. The summed E-state index contributed by atoms with van der Waals surface area (Å²) in [4.78, 5) is 13.5. The van der Waals surface area contributed by atoms with E-state index in [1.165, 1.54) is 23.1 Å². The van der Waals surface area contributed by atoms with Gasteiger partial charge in [0.1, 0.15) is 10.4 Å². The van der Waals surface area contributed by atoms with Gasteiger partial charge in [0.2, 0.25) is 0 Å². The Morgan fingerprint density at radius 1 is 1.21 bits per heavy atom. The van der Waals surface area contributed by atoms with Crippen molar-refractivity contribution in [2.45, 2.75) is 37.2 Å². The predicted molar refractivity (Wildman–Crippen MR) is 116 cm³/mol. The van der Waals surface area contributed by atoms with Gasteiger partial charge in [0.15, 0.2) is 21.8 Å². The lowest BCUT2D eigenvalue weighted by Crippen LogP contribution is -2.26. The van der Waals surface area contributed by atoms with Crippen LogP contribution in [0.3, 0.4) is 0 Å². The zero-order valence-corrected chi connectivity index (χ0v) is 17.8. The molecular formula is C19H25N5O2S2. The summed E-state index contributed by atoms with van der Waals surface area (Å²) in [5.74, 6) is 2.69. The Morgan fingerprint density at radius 3 is 2.61 bits per heavy atom. The molecule has 0 bridgehead atoms. The normalized spacial score (nSPS) is 12.5. The average molecular weight is 420 g/mol.